The van der Waals surface area contributed by atoms with Crippen LogP contribution in [-0.2, 0) is 0 Å². The first kappa shape index (κ1) is 15.7. The molecule has 2 aliphatic rings. The van der Waals surface area contributed by atoms with E-state index in [1.807, 2.05) is 0 Å². The molecule has 0 aromatic heterocycles. The molecule has 1 N–H and O–H groups in total. The number of nitrogens with zero attached hydrogens (tertiary/aromatic N) is 1. The molecule has 2 nitrogen and oxygen atoms in total. The Labute approximate surface area is 124 Å². The molecule has 0 aromatic rings. The molecule has 0 spiro atoms. The average Bonchev–Trinajstić information content (AvgIpc) is 2.39. The van der Waals surface area contributed by atoms with E-state index in [1.165, 1.54) is 64.2 Å². The van der Waals surface area contributed by atoms with Crippen molar-refractivity contribution in [3.8, 4) is 0 Å². The van der Waals surface area contributed by atoms with Crippen LogP contribution in [0.4, 0.5) is 0 Å². The highest BCUT2D eigenvalue weighted by Crippen LogP contribution is 2.34. The van der Waals surface area contributed by atoms with Gasteiger partial charge in [-0.15, -0.1) is 0 Å². The zero-order valence-electron chi connectivity index (χ0n) is 13.1. The Morgan fingerprint density at radius 2 is 1.68 bits per heavy atom. The molecule has 0 atom stereocenters. The Morgan fingerprint density at radius 3 is 2.26 bits per heavy atom. The summed E-state index contributed by atoms with van der Waals surface area (Å²) in [4.78, 5) is 2.69. The zero-order valence-corrected chi connectivity index (χ0v) is 13.9. The first-order chi connectivity index (χ1) is 9.05. The predicted octanol–water partition coefficient (Wildman–Crippen LogP) is 3.23. The number of thioether (sulfide) groups is 1. The maximum atomic E-state index is 3.45. The Kier molecular flexibility index (Phi) is 6.04. The van der Waals surface area contributed by atoms with E-state index in [1.54, 1.807) is 0 Å². The van der Waals surface area contributed by atoms with Gasteiger partial charge in [-0.3, -0.25) is 0 Å². The molecule has 0 aromatic carbocycles. The van der Waals surface area contributed by atoms with Crippen LogP contribution >= 0.6 is 11.8 Å². The van der Waals surface area contributed by atoms with Gasteiger partial charge in [0, 0.05) is 17.5 Å². The van der Waals surface area contributed by atoms with Crippen LogP contribution in [-0.4, -0.2) is 48.6 Å². The predicted molar refractivity (Wildman–Crippen MR) is 87.0 cm³/mol. The molecule has 0 radical (unpaired) electrons. The van der Waals surface area contributed by atoms with E-state index >= 15 is 0 Å². The van der Waals surface area contributed by atoms with Gasteiger partial charge in [0.1, 0.15) is 0 Å². The Bertz CT molecular complexity index is 248. The molecule has 2 fully saturated rings. The van der Waals surface area contributed by atoms with E-state index in [4.69, 9.17) is 0 Å². The topological polar surface area (TPSA) is 15.3 Å². The fourth-order valence-corrected chi connectivity index (χ4v) is 4.60. The average molecular weight is 285 g/mol. The van der Waals surface area contributed by atoms with E-state index in [0.29, 0.717) is 5.41 Å². The Morgan fingerprint density at radius 1 is 1.05 bits per heavy atom. The summed E-state index contributed by atoms with van der Waals surface area (Å²) < 4.78 is 0. The second-order valence-corrected chi connectivity index (χ2v) is 8.71. The molecule has 19 heavy (non-hydrogen) atoms. The van der Waals surface area contributed by atoms with Crippen LogP contribution in [0, 0.1) is 11.3 Å². The van der Waals surface area contributed by atoms with Gasteiger partial charge in [-0.1, -0.05) is 20.8 Å². The van der Waals surface area contributed by atoms with Gasteiger partial charge in [-0.05, 0) is 63.2 Å². The van der Waals surface area contributed by atoms with E-state index in [0.717, 1.165) is 11.2 Å². The maximum absolute atomic E-state index is 3.45. The molecule has 0 saturated carbocycles. The van der Waals surface area contributed by atoms with Crippen LogP contribution in [0.5, 0.6) is 0 Å². The summed E-state index contributed by atoms with van der Waals surface area (Å²) in [5.41, 5.74) is 0.510. The highest BCUT2D eigenvalue weighted by Gasteiger charge is 2.28. The van der Waals surface area contributed by atoms with Gasteiger partial charge in [0.25, 0.3) is 0 Å². The number of piperidine rings is 2. The molecular formula is C16H32N2S. The van der Waals surface area contributed by atoms with Crippen molar-refractivity contribution in [2.75, 3.05) is 38.5 Å². The van der Waals surface area contributed by atoms with E-state index in [-0.39, 0.29) is 0 Å². The van der Waals surface area contributed by atoms with Crippen molar-refractivity contribution in [3.63, 3.8) is 0 Å². The van der Waals surface area contributed by atoms with Crippen molar-refractivity contribution in [2.24, 2.45) is 11.3 Å². The largest absolute Gasteiger partial charge is 0.317 e. The van der Waals surface area contributed by atoms with Crippen molar-refractivity contribution >= 4 is 11.8 Å². The molecule has 112 valence electrons. The summed E-state index contributed by atoms with van der Waals surface area (Å²) in [5, 5.41) is 4.37. The normalized spacial score (nSPS) is 24.8. The second-order valence-electron chi connectivity index (χ2n) is 7.30. The van der Waals surface area contributed by atoms with Gasteiger partial charge in [0.15, 0.2) is 0 Å². The molecule has 3 heteroatoms. The fourth-order valence-electron chi connectivity index (χ4n) is 3.33. The minimum absolute atomic E-state index is 0.510. The molecule has 2 heterocycles. The Hall–Kier alpha value is 0.270. The minimum atomic E-state index is 0.510. The van der Waals surface area contributed by atoms with Crippen LogP contribution in [0.1, 0.15) is 46.5 Å². The third-order valence-electron chi connectivity index (χ3n) is 4.86. The number of nitrogens with one attached hydrogen (secondary N) is 1. The number of likely N-dealkylation sites (tertiary alicyclic amines) is 1. The fraction of sp³-hybridized carbons (Fsp3) is 1.00. The van der Waals surface area contributed by atoms with Gasteiger partial charge < -0.3 is 10.2 Å². The lowest BCUT2D eigenvalue weighted by molar-refractivity contribution is 0.117. The second kappa shape index (κ2) is 7.33. The lowest BCUT2D eigenvalue weighted by atomic mass is 9.75. The van der Waals surface area contributed by atoms with Crippen molar-refractivity contribution in [3.05, 3.63) is 0 Å². The van der Waals surface area contributed by atoms with Gasteiger partial charge in [0.2, 0.25) is 0 Å². The molecule has 2 saturated heterocycles. The zero-order chi connectivity index (χ0) is 13.7. The summed E-state index contributed by atoms with van der Waals surface area (Å²) >= 11 is 2.22. The third-order valence-corrected chi connectivity index (χ3v) is 6.22. The lowest BCUT2D eigenvalue weighted by Crippen LogP contribution is -2.39. The van der Waals surface area contributed by atoms with Crippen LogP contribution < -0.4 is 5.32 Å². The van der Waals surface area contributed by atoms with Crippen molar-refractivity contribution in [1.82, 2.24) is 10.2 Å². The molecule has 2 rings (SSSR count). The van der Waals surface area contributed by atoms with E-state index < -0.39 is 0 Å². The van der Waals surface area contributed by atoms with Crippen LogP contribution in [0.2, 0.25) is 0 Å². The van der Waals surface area contributed by atoms with Crippen molar-refractivity contribution < 1.29 is 0 Å². The van der Waals surface area contributed by atoms with Crippen LogP contribution in [0.3, 0.4) is 0 Å². The Balaban J connectivity index is 1.58. The SMILES string of the molecule is CC(C)(C)C1CCN(CCSC2CCNCC2)CC1. The van der Waals surface area contributed by atoms with Crippen LogP contribution in [0.15, 0.2) is 0 Å². The highest BCUT2D eigenvalue weighted by atomic mass is 32.2. The number of hydrogen-bond donors (Lipinski definition) is 1. The summed E-state index contributed by atoms with van der Waals surface area (Å²) in [6, 6.07) is 0. The minimum Gasteiger partial charge on any atom is -0.317 e. The lowest BCUT2D eigenvalue weighted by Gasteiger charge is -2.38. The molecule has 2 aliphatic heterocycles. The highest BCUT2D eigenvalue weighted by molar-refractivity contribution is 7.99. The smallest absolute Gasteiger partial charge is 0.00724 e. The van der Waals surface area contributed by atoms with Gasteiger partial charge >= 0.3 is 0 Å². The van der Waals surface area contributed by atoms with Crippen molar-refractivity contribution in [1.29, 1.82) is 0 Å². The van der Waals surface area contributed by atoms with Crippen LogP contribution in [0.25, 0.3) is 0 Å². The van der Waals surface area contributed by atoms with Gasteiger partial charge in [-0.25, -0.2) is 0 Å². The summed E-state index contributed by atoms with van der Waals surface area (Å²) in [6.45, 7) is 13.6. The molecule has 0 amide bonds. The summed E-state index contributed by atoms with van der Waals surface area (Å²) in [5.74, 6) is 2.27. The third kappa shape index (κ3) is 5.28. The first-order valence-corrected chi connectivity index (χ1v) is 9.15. The molecule has 0 aliphatic carbocycles. The van der Waals surface area contributed by atoms with Gasteiger partial charge in [-0.2, -0.15) is 11.8 Å². The summed E-state index contributed by atoms with van der Waals surface area (Å²) in [6.07, 6.45) is 5.55. The monoisotopic (exact) mass is 284 g/mol. The van der Waals surface area contributed by atoms with Gasteiger partial charge in [0.05, 0.1) is 0 Å². The quantitative estimate of drug-likeness (QED) is 0.853. The molecule has 0 bridgehead atoms. The number of hydrogen-bond acceptors (Lipinski definition) is 3. The van der Waals surface area contributed by atoms with Crippen molar-refractivity contribution in [2.45, 2.75) is 51.7 Å². The summed E-state index contributed by atoms with van der Waals surface area (Å²) in [7, 11) is 0. The number of rotatable bonds is 4. The standard InChI is InChI=1S/C16H32N2S/c1-16(2,3)14-6-10-18(11-7-14)12-13-19-15-4-8-17-9-5-15/h14-15,17H,4-13H2,1-3H3. The van der Waals surface area contributed by atoms with E-state index in [9.17, 15) is 0 Å². The van der Waals surface area contributed by atoms with E-state index in [2.05, 4.69) is 42.7 Å². The molecule has 0 unspecified atom stereocenters. The maximum Gasteiger partial charge on any atom is 0.00724 e. The molecular weight excluding hydrogens is 252 g/mol. The first-order valence-electron chi connectivity index (χ1n) is 8.10.